The zero-order valence-electron chi connectivity index (χ0n) is 14.0. The minimum atomic E-state index is -0.853. The van der Waals surface area contributed by atoms with Crippen molar-refractivity contribution in [1.29, 1.82) is 0 Å². The molecule has 2 unspecified atom stereocenters. The maximum atomic E-state index is 12.1. The van der Waals surface area contributed by atoms with Crippen LogP contribution < -0.4 is 10.6 Å². The molecule has 0 radical (unpaired) electrons. The third kappa shape index (κ3) is 6.55. The van der Waals surface area contributed by atoms with Gasteiger partial charge in [-0.15, -0.1) is 0 Å². The molecular formula is C17H27N3OS2. The number of guanidine groups is 1. The second-order valence-electron chi connectivity index (χ2n) is 6.03. The predicted molar refractivity (Wildman–Crippen MR) is 103 cm³/mol. The van der Waals surface area contributed by atoms with E-state index in [1.165, 1.54) is 18.6 Å². The average Bonchev–Trinajstić information content (AvgIpc) is 2.98. The monoisotopic (exact) mass is 353 g/mol. The summed E-state index contributed by atoms with van der Waals surface area (Å²) in [6.45, 7) is 3.90. The molecule has 2 atom stereocenters. The average molecular weight is 354 g/mol. The maximum absolute atomic E-state index is 12.1. The zero-order chi connectivity index (χ0) is 16.5. The van der Waals surface area contributed by atoms with Crippen LogP contribution in [0.1, 0.15) is 25.3 Å². The first kappa shape index (κ1) is 18.3. The van der Waals surface area contributed by atoms with Crippen molar-refractivity contribution in [2.75, 3.05) is 31.6 Å². The predicted octanol–water partition coefficient (Wildman–Crippen LogP) is 2.39. The molecule has 0 bridgehead atoms. The molecule has 128 valence electrons. The number of aliphatic imine (C=N–C) groups is 1. The summed E-state index contributed by atoms with van der Waals surface area (Å²) in [5, 5.41) is 6.66. The van der Waals surface area contributed by atoms with Gasteiger partial charge in [0.25, 0.3) is 0 Å². The molecule has 1 fully saturated rings. The molecule has 4 nitrogen and oxygen atoms in total. The van der Waals surface area contributed by atoms with E-state index in [0.717, 1.165) is 18.1 Å². The lowest BCUT2D eigenvalue weighted by Crippen LogP contribution is -2.44. The number of hydrogen-bond acceptors (Lipinski definition) is 3. The van der Waals surface area contributed by atoms with Gasteiger partial charge in [0.2, 0.25) is 0 Å². The first-order chi connectivity index (χ1) is 11.1. The van der Waals surface area contributed by atoms with Crippen LogP contribution in [0.4, 0.5) is 0 Å². The van der Waals surface area contributed by atoms with Crippen LogP contribution in [0.3, 0.4) is 0 Å². The molecular weight excluding hydrogens is 326 g/mol. The quantitative estimate of drug-likeness (QED) is 0.584. The molecule has 1 heterocycles. The number of rotatable bonds is 7. The zero-order valence-corrected chi connectivity index (χ0v) is 15.6. The fourth-order valence-electron chi connectivity index (χ4n) is 2.58. The van der Waals surface area contributed by atoms with E-state index in [4.69, 9.17) is 0 Å². The van der Waals surface area contributed by atoms with Gasteiger partial charge in [0, 0.05) is 47.2 Å². The van der Waals surface area contributed by atoms with E-state index in [0.29, 0.717) is 22.8 Å². The fourth-order valence-corrected chi connectivity index (χ4v) is 4.87. The highest BCUT2D eigenvalue weighted by Gasteiger charge is 2.29. The van der Waals surface area contributed by atoms with Crippen LogP contribution in [0.25, 0.3) is 0 Å². The molecule has 0 aliphatic carbocycles. The second-order valence-corrected chi connectivity index (χ2v) is 9.29. The summed E-state index contributed by atoms with van der Waals surface area (Å²) < 4.78 is 12.4. The lowest BCUT2D eigenvalue weighted by atomic mass is 10.1. The lowest BCUT2D eigenvalue weighted by Gasteiger charge is -2.24. The van der Waals surface area contributed by atoms with E-state index < -0.39 is 10.8 Å². The Balaban J connectivity index is 1.66. The number of nitrogens with one attached hydrogen (secondary N) is 2. The van der Waals surface area contributed by atoms with Gasteiger partial charge in [0.1, 0.15) is 0 Å². The Morgan fingerprint density at radius 3 is 2.78 bits per heavy atom. The van der Waals surface area contributed by atoms with Crippen molar-refractivity contribution in [2.24, 2.45) is 4.99 Å². The topological polar surface area (TPSA) is 53.5 Å². The lowest BCUT2D eigenvalue weighted by molar-refractivity contribution is 0.585. The molecule has 0 spiro atoms. The number of thioether (sulfide) groups is 1. The van der Waals surface area contributed by atoms with Crippen molar-refractivity contribution < 1.29 is 4.21 Å². The van der Waals surface area contributed by atoms with Gasteiger partial charge >= 0.3 is 0 Å². The van der Waals surface area contributed by atoms with Crippen LogP contribution in [-0.4, -0.2) is 46.6 Å². The van der Waals surface area contributed by atoms with Crippen LogP contribution in [-0.2, 0) is 16.6 Å². The van der Waals surface area contributed by atoms with Crippen molar-refractivity contribution in [3.8, 4) is 0 Å². The third-order valence-corrected chi connectivity index (χ3v) is 6.80. The Hall–Kier alpha value is -1.01. The van der Waals surface area contributed by atoms with Gasteiger partial charge in [0.05, 0.1) is 0 Å². The molecule has 1 aromatic rings. The largest absolute Gasteiger partial charge is 0.355 e. The van der Waals surface area contributed by atoms with Gasteiger partial charge in [-0.05, 0) is 31.1 Å². The highest BCUT2D eigenvalue weighted by Crippen LogP contribution is 2.36. The molecule has 2 rings (SSSR count). The standard InChI is InChI=1S/C17H27N3OS2/c1-17(9-6-11-22-17)14-20-16(18-2)19-10-12-23(21)13-15-7-4-3-5-8-15/h3-5,7-8H,6,9-14H2,1-2H3,(H2,18,19,20). The SMILES string of the molecule is CN=C(NCCS(=O)Cc1ccccc1)NCC1(C)CCCS1. The summed E-state index contributed by atoms with van der Waals surface area (Å²) in [5.74, 6) is 3.29. The molecule has 1 aliphatic heterocycles. The molecule has 0 aromatic heterocycles. The minimum Gasteiger partial charge on any atom is -0.355 e. The summed E-state index contributed by atoms with van der Waals surface area (Å²) >= 11 is 2.03. The molecule has 2 N–H and O–H groups in total. The molecule has 1 aromatic carbocycles. The Labute approximate surface area is 146 Å². The van der Waals surface area contributed by atoms with E-state index in [1.54, 1.807) is 7.05 Å². The Kier molecular flexibility index (Phi) is 7.43. The highest BCUT2D eigenvalue weighted by atomic mass is 32.2. The molecule has 0 amide bonds. The van der Waals surface area contributed by atoms with Crippen LogP contribution in [0.15, 0.2) is 35.3 Å². The normalized spacial score (nSPS) is 22.8. The van der Waals surface area contributed by atoms with Crippen LogP contribution in [0.2, 0.25) is 0 Å². The summed E-state index contributed by atoms with van der Waals surface area (Å²) in [4.78, 5) is 4.25. The van der Waals surface area contributed by atoms with Gasteiger partial charge in [0.15, 0.2) is 5.96 Å². The summed E-state index contributed by atoms with van der Waals surface area (Å²) in [6.07, 6.45) is 2.55. The van der Waals surface area contributed by atoms with Crippen molar-refractivity contribution in [3.63, 3.8) is 0 Å². The van der Waals surface area contributed by atoms with Crippen LogP contribution in [0, 0.1) is 0 Å². The first-order valence-electron chi connectivity index (χ1n) is 8.09. The van der Waals surface area contributed by atoms with Crippen molar-refractivity contribution in [1.82, 2.24) is 10.6 Å². The summed E-state index contributed by atoms with van der Waals surface area (Å²) in [7, 11) is 0.925. The van der Waals surface area contributed by atoms with Gasteiger partial charge < -0.3 is 10.6 Å². The van der Waals surface area contributed by atoms with E-state index >= 15 is 0 Å². The molecule has 1 aliphatic rings. The second kappa shape index (κ2) is 9.33. The molecule has 1 saturated heterocycles. The van der Waals surface area contributed by atoms with E-state index in [1.807, 2.05) is 42.1 Å². The summed E-state index contributed by atoms with van der Waals surface area (Å²) in [5.41, 5.74) is 1.12. The highest BCUT2D eigenvalue weighted by molar-refractivity contribution is 8.00. The molecule has 0 saturated carbocycles. The van der Waals surface area contributed by atoms with E-state index in [-0.39, 0.29) is 0 Å². The maximum Gasteiger partial charge on any atom is 0.191 e. The Morgan fingerprint density at radius 2 is 2.13 bits per heavy atom. The Morgan fingerprint density at radius 1 is 1.35 bits per heavy atom. The van der Waals surface area contributed by atoms with Crippen molar-refractivity contribution >= 4 is 28.5 Å². The van der Waals surface area contributed by atoms with Crippen molar-refractivity contribution in [2.45, 2.75) is 30.3 Å². The fraction of sp³-hybridized carbons (Fsp3) is 0.588. The summed E-state index contributed by atoms with van der Waals surface area (Å²) in [6, 6.07) is 9.99. The van der Waals surface area contributed by atoms with Crippen LogP contribution in [0.5, 0.6) is 0 Å². The van der Waals surface area contributed by atoms with Gasteiger partial charge in [-0.1, -0.05) is 30.3 Å². The van der Waals surface area contributed by atoms with Crippen LogP contribution >= 0.6 is 11.8 Å². The number of nitrogens with zero attached hydrogens (tertiary/aromatic N) is 1. The molecule has 23 heavy (non-hydrogen) atoms. The van der Waals surface area contributed by atoms with Crippen molar-refractivity contribution in [3.05, 3.63) is 35.9 Å². The number of benzene rings is 1. The molecule has 6 heteroatoms. The smallest absolute Gasteiger partial charge is 0.191 e. The van der Waals surface area contributed by atoms with Gasteiger partial charge in [-0.2, -0.15) is 11.8 Å². The van der Waals surface area contributed by atoms with E-state index in [2.05, 4.69) is 22.5 Å². The minimum absolute atomic E-state index is 0.313. The first-order valence-corrected chi connectivity index (χ1v) is 10.6. The van der Waals surface area contributed by atoms with Gasteiger partial charge in [-0.3, -0.25) is 9.20 Å². The Bertz CT molecular complexity index is 528. The number of hydrogen-bond donors (Lipinski definition) is 2. The third-order valence-electron chi connectivity index (χ3n) is 3.95. The van der Waals surface area contributed by atoms with E-state index in [9.17, 15) is 4.21 Å². The van der Waals surface area contributed by atoms with Gasteiger partial charge in [-0.25, -0.2) is 0 Å².